The summed E-state index contributed by atoms with van der Waals surface area (Å²) in [6.07, 6.45) is 1.52. The molecule has 0 aliphatic carbocycles. The predicted octanol–water partition coefficient (Wildman–Crippen LogP) is 2.86. The predicted molar refractivity (Wildman–Crippen MR) is 88.0 cm³/mol. The standard InChI is InChI=1S/C15H14FN3O2S/c1-21-14-7-10(5-6-13(14)20)9-17-19-15(22)18-12-4-2-3-11(16)8-12/h2-9,20H,1H3,(H2,18,19,22)/b17-9-. The molecule has 0 atom stereocenters. The van der Waals surface area contributed by atoms with Gasteiger partial charge in [0.05, 0.1) is 13.3 Å². The van der Waals surface area contributed by atoms with E-state index in [1.807, 2.05) is 0 Å². The average molecular weight is 319 g/mol. The Morgan fingerprint density at radius 2 is 2.14 bits per heavy atom. The Hall–Kier alpha value is -2.67. The molecule has 0 aliphatic heterocycles. The van der Waals surface area contributed by atoms with E-state index in [9.17, 15) is 9.50 Å². The summed E-state index contributed by atoms with van der Waals surface area (Å²) in [5.41, 5.74) is 3.86. The van der Waals surface area contributed by atoms with Crippen molar-refractivity contribution in [2.24, 2.45) is 5.10 Å². The SMILES string of the molecule is COc1cc(/C=N\NC(=S)Nc2cccc(F)c2)ccc1O. The summed E-state index contributed by atoms with van der Waals surface area (Å²) in [5.74, 6) is 0.0489. The molecule has 0 fully saturated rings. The Balaban J connectivity index is 1.93. The number of hydrogen-bond acceptors (Lipinski definition) is 4. The number of halogens is 1. The van der Waals surface area contributed by atoms with Crippen molar-refractivity contribution < 1.29 is 14.2 Å². The van der Waals surface area contributed by atoms with Gasteiger partial charge in [-0.1, -0.05) is 6.07 Å². The zero-order valence-corrected chi connectivity index (χ0v) is 12.5. The number of rotatable bonds is 4. The Labute approximate surface area is 132 Å². The minimum atomic E-state index is -0.354. The first kappa shape index (κ1) is 15.7. The van der Waals surface area contributed by atoms with Gasteiger partial charge in [-0.15, -0.1) is 0 Å². The van der Waals surface area contributed by atoms with Crippen LogP contribution in [0.15, 0.2) is 47.6 Å². The van der Waals surface area contributed by atoms with Crippen LogP contribution in [0.5, 0.6) is 11.5 Å². The third kappa shape index (κ3) is 4.42. The van der Waals surface area contributed by atoms with Crippen LogP contribution in [0.2, 0.25) is 0 Å². The van der Waals surface area contributed by atoms with Crippen LogP contribution in [0.4, 0.5) is 10.1 Å². The van der Waals surface area contributed by atoms with Gasteiger partial charge in [0.15, 0.2) is 16.6 Å². The number of ether oxygens (including phenoxy) is 1. The average Bonchev–Trinajstić information content (AvgIpc) is 2.49. The topological polar surface area (TPSA) is 65.9 Å². The van der Waals surface area contributed by atoms with Gasteiger partial charge in [-0.25, -0.2) is 4.39 Å². The van der Waals surface area contributed by atoms with Gasteiger partial charge in [-0.2, -0.15) is 5.10 Å². The van der Waals surface area contributed by atoms with E-state index in [4.69, 9.17) is 17.0 Å². The minimum Gasteiger partial charge on any atom is -0.504 e. The van der Waals surface area contributed by atoms with Crippen molar-refractivity contribution in [1.29, 1.82) is 0 Å². The van der Waals surface area contributed by atoms with E-state index in [1.54, 1.807) is 24.3 Å². The van der Waals surface area contributed by atoms with Gasteiger partial charge in [0.2, 0.25) is 0 Å². The van der Waals surface area contributed by atoms with Gasteiger partial charge < -0.3 is 15.2 Å². The fourth-order valence-electron chi connectivity index (χ4n) is 1.67. The lowest BCUT2D eigenvalue weighted by Gasteiger charge is -2.07. The van der Waals surface area contributed by atoms with Gasteiger partial charge in [-0.3, -0.25) is 5.43 Å². The highest BCUT2D eigenvalue weighted by Gasteiger charge is 2.01. The lowest BCUT2D eigenvalue weighted by molar-refractivity contribution is 0.373. The van der Waals surface area contributed by atoms with Crippen molar-refractivity contribution >= 4 is 29.2 Å². The zero-order valence-electron chi connectivity index (χ0n) is 11.7. The highest BCUT2D eigenvalue weighted by molar-refractivity contribution is 7.80. The first-order chi connectivity index (χ1) is 10.6. The number of methoxy groups -OCH3 is 1. The second-order valence-electron chi connectivity index (χ2n) is 4.27. The quantitative estimate of drug-likeness (QED) is 0.459. The van der Waals surface area contributed by atoms with Crippen molar-refractivity contribution in [2.45, 2.75) is 0 Å². The van der Waals surface area contributed by atoms with Crippen molar-refractivity contribution in [3.8, 4) is 11.5 Å². The Bertz CT molecular complexity index is 707. The van der Waals surface area contributed by atoms with Gasteiger partial charge in [0.25, 0.3) is 0 Å². The number of hydrogen-bond donors (Lipinski definition) is 3. The van der Waals surface area contributed by atoms with E-state index < -0.39 is 0 Å². The first-order valence-electron chi connectivity index (χ1n) is 6.31. The van der Waals surface area contributed by atoms with Crippen molar-refractivity contribution in [2.75, 3.05) is 12.4 Å². The van der Waals surface area contributed by atoms with E-state index in [-0.39, 0.29) is 16.7 Å². The molecule has 2 aromatic rings. The summed E-state index contributed by atoms with van der Waals surface area (Å²) >= 11 is 5.04. The Morgan fingerprint density at radius 3 is 2.86 bits per heavy atom. The van der Waals surface area contributed by atoms with Crippen LogP contribution in [-0.2, 0) is 0 Å². The van der Waals surface area contributed by atoms with E-state index in [1.165, 1.54) is 31.5 Å². The summed E-state index contributed by atoms with van der Waals surface area (Å²) in [6, 6.07) is 10.7. The summed E-state index contributed by atoms with van der Waals surface area (Å²) in [4.78, 5) is 0. The Morgan fingerprint density at radius 1 is 1.32 bits per heavy atom. The molecule has 0 unspecified atom stereocenters. The number of phenols is 1. The third-order valence-electron chi connectivity index (χ3n) is 2.67. The second kappa shape index (κ2) is 7.37. The number of benzene rings is 2. The van der Waals surface area contributed by atoms with Crippen LogP contribution in [-0.4, -0.2) is 23.5 Å². The van der Waals surface area contributed by atoms with Crippen molar-refractivity contribution in [3.05, 3.63) is 53.8 Å². The number of hydrazone groups is 1. The van der Waals surface area contributed by atoms with Crippen LogP contribution in [0.25, 0.3) is 0 Å². The van der Waals surface area contributed by atoms with Gasteiger partial charge in [0, 0.05) is 5.69 Å². The second-order valence-corrected chi connectivity index (χ2v) is 4.67. The van der Waals surface area contributed by atoms with Gasteiger partial charge >= 0.3 is 0 Å². The first-order valence-corrected chi connectivity index (χ1v) is 6.72. The molecule has 5 nitrogen and oxygen atoms in total. The molecule has 2 rings (SSSR count). The fraction of sp³-hybridized carbons (Fsp3) is 0.0667. The lowest BCUT2D eigenvalue weighted by Crippen LogP contribution is -2.23. The van der Waals surface area contributed by atoms with Gasteiger partial charge in [0.1, 0.15) is 5.82 Å². The van der Waals surface area contributed by atoms with Crippen LogP contribution in [0.1, 0.15) is 5.56 Å². The maximum atomic E-state index is 13.0. The van der Waals surface area contributed by atoms with E-state index in [2.05, 4.69) is 15.8 Å². The van der Waals surface area contributed by atoms with E-state index in [0.29, 0.717) is 11.4 Å². The molecule has 0 bridgehead atoms. The molecule has 0 heterocycles. The maximum Gasteiger partial charge on any atom is 0.191 e. The van der Waals surface area contributed by atoms with E-state index in [0.717, 1.165) is 5.56 Å². The monoisotopic (exact) mass is 319 g/mol. The molecule has 114 valence electrons. The number of aromatic hydroxyl groups is 1. The Kier molecular flexibility index (Phi) is 5.26. The molecule has 22 heavy (non-hydrogen) atoms. The van der Waals surface area contributed by atoms with Crippen LogP contribution >= 0.6 is 12.2 Å². The highest BCUT2D eigenvalue weighted by Crippen LogP contribution is 2.25. The van der Waals surface area contributed by atoms with E-state index >= 15 is 0 Å². The highest BCUT2D eigenvalue weighted by atomic mass is 32.1. The van der Waals surface area contributed by atoms with Crippen LogP contribution in [0.3, 0.4) is 0 Å². The largest absolute Gasteiger partial charge is 0.504 e. The fourth-order valence-corrected chi connectivity index (χ4v) is 1.84. The molecular formula is C15H14FN3O2S. The summed E-state index contributed by atoms with van der Waals surface area (Å²) in [6.45, 7) is 0. The minimum absolute atomic E-state index is 0.0518. The number of anilines is 1. The maximum absolute atomic E-state index is 13.0. The molecule has 0 saturated heterocycles. The molecule has 0 aliphatic rings. The molecular weight excluding hydrogens is 305 g/mol. The number of nitrogens with zero attached hydrogens (tertiary/aromatic N) is 1. The third-order valence-corrected chi connectivity index (χ3v) is 2.86. The molecule has 7 heteroatoms. The molecule has 0 amide bonds. The summed E-state index contributed by atoms with van der Waals surface area (Å²) in [5, 5.41) is 16.5. The molecule has 2 aromatic carbocycles. The number of thiocarbonyl (C=S) groups is 1. The van der Waals surface area contributed by atoms with Crippen LogP contribution < -0.4 is 15.5 Å². The normalized spacial score (nSPS) is 10.5. The molecule has 0 aromatic heterocycles. The molecule has 3 N–H and O–H groups in total. The molecule has 0 spiro atoms. The number of nitrogens with one attached hydrogen (secondary N) is 2. The van der Waals surface area contributed by atoms with Crippen molar-refractivity contribution in [1.82, 2.24) is 5.43 Å². The summed E-state index contributed by atoms with van der Waals surface area (Å²) in [7, 11) is 1.46. The lowest BCUT2D eigenvalue weighted by atomic mass is 10.2. The summed E-state index contributed by atoms with van der Waals surface area (Å²) < 4.78 is 18.0. The van der Waals surface area contributed by atoms with Crippen molar-refractivity contribution in [3.63, 3.8) is 0 Å². The molecule has 0 saturated carbocycles. The number of phenolic OH excluding ortho intramolecular Hbond substituents is 1. The zero-order chi connectivity index (χ0) is 15.9. The van der Waals surface area contributed by atoms with Gasteiger partial charge in [-0.05, 0) is 54.2 Å². The smallest absolute Gasteiger partial charge is 0.191 e. The van der Waals surface area contributed by atoms with Crippen LogP contribution in [0, 0.1) is 5.82 Å². The molecule has 0 radical (unpaired) electrons.